The van der Waals surface area contributed by atoms with E-state index < -0.39 is 26.6 Å². The van der Waals surface area contributed by atoms with Crippen LogP contribution in [0, 0.1) is 5.82 Å². The van der Waals surface area contributed by atoms with Gasteiger partial charge in [-0.1, -0.05) is 11.6 Å². The van der Waals surface area contributed by atoms with Crippen molar-refractivity contribution in [2.24, 2.45) is 0 Å². The number of carbonyl (C=O) groups is 1. The molecule has 0 aliphatic heterocycles. The number of rotatable bonds is 7. The minimum atomic E-state index is -3.96. The highest BCUT2D eigenvalue weighted by molar-refractivity contribution is 7.99. The van der Waals surface area contributed by atoms with E-state index in [1.807, 2.05) is 12.1 Å². The molecule has 9 heteroatoms. The molecular formula is C17H18ClFN2O3S2. The van der Waals surface area contributed by atoms with Gasteiger partial charge in [0.25, 0.3) is 5.91 Å². The number of sulfonamides is 1. The van der Waals surface area contributed by atoms with Crippen LogP contribution in [0.4, 0.5) is 4.39 Å². The first-order valence-electron chi connectivity index (χ1n) is 7.60. The summed E-state index contributed by atoms with van der Waals surface area (Å²) >= 11 is 7.36. The Morgan fingerprint density at radius 2 is 1.85 bits per heavy atom. The lowest BCUT2D eigenvalue weighted by atomic mass is 10.2. The standard InChI is InChI=1S/C17H18ClFN2O3S2/c1-21(2)26(23,24)16-11-12(3-8-15(16)19)17(22)20-9-10-25-14-6-4-13(18)5-7-14/h3-8,11H,9-10H2,1-2H3,(H,20,22). The number of benzene rings is 2. The lowest BCUT2D eigenvalue weighted by Crippen LogP contribution is -2.27. The molecule has 0 atom stereocenters. The van der Waals surface area contributed by atoms with E-state index >= 15 is 0 Å². The van der Waals surface area contributed by atoms with Crippen molar-refractivity contribution < 1.29 is 17.6 Å². The predicted octanol–water partition coefficient (Wildman–Crippen LogP) is 3.25. The van der Waals surface area contributed by atoms with Gasteiger partial charge in [-0.25, -0.2) is 17.1 Å². The Hall–Kier alpha value is -1.61. The minimum absolute atomic E-state index is 0.0864. The molecule has 0 aromatic heterocycles. The molecule has 0 saturated heterocycles. The zero-order chi connectivity index (χ0) is 19.3. The van der Waals surface area contributed by atoms with Crippen molar-refractivity contribution in [3.8, 4) is 0 Å². The molecule has 0 bridgehead atoms. The maximum atomic E-state index is 13.9. The Balaban J connectivity index is 1.98. The Morgan fingerprint density at radius 3 is 2.46 bits per heavy atom. The number of amides is 1. The van der Waals surface area contributed by atoms with Gasteiger partial charge in [0.05, 0.1) is 0 Å². The van der Waals surface area contributed by atoms with Gasteiger partial charge in [-0.2, -0.15) is 0 Å². The second-order valence-corrected chi connectivity index (χ2v) is 9.22. The van der Waals surface area contributed by atoms with Crippen LogP contribution in [0.25, 0.3) is 0 Å². The van der Waals surface area contributed by atoms with Gasteiger partial charge < -0.3 is 5.32 Å². The molecule has 0 radical (unpaired) electrons. The second-order valence-electron chi connectivity index (χ2n) is 5.49. The average molecular weight is 417 g/mol. The molecule has 0 aliphatic carbocycles. The summed E-state index contributed by atoms with van der Waals surface area (Å²) in [6, 6.07) is 10.6. The van der Waals surface area contributed by atoms with Gasteiger partial charge in [0, 0.05) is 41.9 Å². The number of thioether (sulfide) groups is 1. The average Bonchev–Trinajstić information content (AvgIpc) is 2.60. The van der Waals surface area contributed by atoms with Crippen LogP contribution in [0.15, 0.2) is 52.3 Å². The van der Waals surface area contributed by atoms with Crippen LogP contribution in [0.2, 0.25) is 5.02 Å². The van der Waals surface area contributed by atoms with Crippen LogP contribution in [0.1, 0.15) is 10.4 Å². The monoisotopic (exact) mass is 416 g/mol. The number of carbonyl (C=O) groups excluding carboxylic acids is 1. The molecule has 26 heavy (non-hydrogen) atoms. The van der Waals surface area contributed by atoms with Crippen LogP contribution in [0.3, 0.4) is 0 Å². The van der Waals surface area contributed by atoms with Gasteiger partial charge >= 0.3 is 0 Å². The van der Waals surface area contributed by atoms with Crippen molar-refractivity contribution >= 4 is 39.3 Å². The lowest BCUT2D eigenvalue weighted by molar-refractivity contribution is 0.0956. The third-order valence-corrected chi connectivity index (χ3v) is 6.52. The van der Waals surface area contributed by atoms with E-state index in [-0.39, 0.29) is 5.56 Å². The molecule has 1 amide bonds. The van der Waals surface area contributed by atoms with Gasteiger partial charge in [0.2, 0.25) is 10.0 Å². The molecule has 0 spiro atoms. The van der Waals surface area contributed by atoms with Crippen molar-refractivity contribution in [2.45, 2.75) is 9.79 Å². The molecule has 0 unspecified atom stereocenters. The zero-order valence-electron chi connectivity index (χ0n) is 14.2. The van der Waals surface area contributed by atoms with Crippen LogP contribution in [0.5, 0.6) is 0 Å². The molecular weight excluding hydrogens is 399 g/mol. The van der Waals surface area contributed by atoms with Crippen LogP contribution >= 0.6 is 23.4 Å². The summed E-state index contributed by atoms with van der Waals surface area (Å²) in [5.74, 6) is -0.734. The first-order valence-corrected chi connectivity index (χ1v) is 10.4. The van der Waals surface area contributed by atoms with E-state index in [2.05, 4.69) is 5.32 Å². The first-order chi connectivity index (χ1) is 12.2. The molecule has 2 aromatic carbocycles. The summed E-state index contributed by atoms with van der Waals surface area (Å²) in [5, 5.41) is 3.35. The van der Waals surface area contributed by atoms with E-state index in [1.54, 1.807) is 23.9 Å². The van der Waals surface area contributed by atoms with Crippen molar-refractivity contribution in [2.75, 3.05) is 26.4 Å². The fourth-order valence-corrected chi connectivity index (χ4v) is 3.88. The molecule has 0 saturated carbocycles. The van der Waals surface area contributed by atoms with E-state index in [4.69, 9.17) is 11.6 Å². The largest absolute Gasteiger partial charge is 0.351 e. The van der Waals surface area contributed by atoms with Gasteiger partial charge in [-0.3, -0.25) is 4.79 Å². The van der Waals surface area contributed by atoms with Gasteiger partial charge in [0.1, 0.15) is 10.7 Å². The second kappa shape index (κ2) is 8.85. The fourth-order valence-electron chi connectivity index (χ4n) is 2.01. The number of nitrogens with one attached hydrogen (secondary N) is 1. The highest BCUT2D eigenvalue weighted by Crippen LogP contribution is 2.21. The molecule has 0 heterocycles. The third-order valence-electron chi connectivity index (χ3n) is 3.42. The molecule has 1 N–H and O–H groups in total. The highest BCUT2D eigenvalue weighted by atomic mass is 35.5. The summed E-state index contributed by atoms with van der Waals surface area (Å²) in [6.07, 6.45) is 0. The molecule has 2 aromatic rings. The van der Waals surface area contributed by atoms with E-state index in [0.717, 1.165) is 21.3 Å². The maximum Gasteiger partial charge on any atom is 0.251 e. The summed E-state index contributed by atoms with van der Waals surface area (Å²) in [7, 11) is -1.36. The van der Waals surface area contributed by atoms with E-state index in [9.17, 15) is 17.6 Å². The van der Waals surface area contributed by atoms with Gasteiger partial charge in [0.15, 0.2) is 0 Å². The van der Waals surface area contributed by atoms with Crippen molar-refractivity contribution in [1.29, 1.82) is 0 Å². The van der Waals surface area contributed by atoms with Crippen molar-refractivity contribution in [1.82, 2.24) is 9.62 Å². The fraction of sp³-hybridized carbons (Fsp3) is 0.235. The predicted molar refractivity (Wildman–Crippen MR) is 102 cm³/mol. The van der Waals surface area contributed by atoms with Crippen molar-refractivity contribution in [3.05, 3.63) is 58.9 Å². The highest BCUT2D eigenvalue weighted by Gasteiger charge is 2.23. The SMILES string of the molecule is CN(C)S(=O)(=O)c1cc(C(=O)NCCSc2ccc(Cl)cc2)ccc1F. The summed E-state index contributed by atoms with van der Waals surface area (Å²) in [4.78, 5) is 12.7. The molecule has 2 rings (SSSR count). The lowest BCUT2D eigenvalue weighted by Gasteiger charge is -2.13. The Bertz CT molecular complexity index is 887. The maximum absolute atomic E-state index is 13.9. The van der Waals surface area contributed by atoms with Crippen LogP contribution in [-0.4, -0.2) is 45.0 Å². The topological polar surface area (TPSA) is 66.5 Å². The third kappa shape index (κ3) is 5.20. The van der Waals surface area contributed by atoms with Gasteiger partial charge in [-0.15, -0.1) is 11.8 Å². The van der Waals surface area contributed by atoms with Crippen LogP contribution in [-0.2, 0) is 10.0 Å². The Labute approximate surface area is 161 Å². The molecule has 0 fully saturated rings. The summed E-state index contributed by atoms with van der Waals surface area (Å²) in [5.41, 5.74) is 0.0864. The molecule has 140 valence electrons. The van der Waals surface area contributed by atoms with Crippen LogP contribution < -0.4 is 5.32 Å². The Morgan fingerprint density at radius 1 is 1.19 bits per heavy atom. The number of hydrogen-bond acceptors (Lipinski definition) is 4. The summed E-state index contributed by atoms with van der Waals surface area (Å²) < 4.78 is 39.0. The number of halogens is 2. The summed E-state index contributed by atoms with van der Waals surface area (Å²) in [6.45, 7) is 0.374. The Kier molecular flexibility index (Phi) is 7.05. The van der Waals surface area contributed by atoms with E-state index in [1.165, 1.54) is 20.2 Å². The smallest absolute Gasteiger partial charge is 0.251 e. The first kappa shape index (κ1) is 20.7. The molecule has 5 nitrogen and oxygen atoms in total. The number of nitrogens with zero attached hydrogens (tertiary/aromatic N) is 1. The zero-order valence-corrected chi connectivity index (χ0v) is 16.6. The minimum Gasteiger partial charge on any atom is -0.351 e. The number of hydrogen-bond donors (Lipinski definition) is 1. The quantitative estimate of drug-likeness (QED) is 0.555. The van der Waals surface area contributed by atoms with Gasteiger partial charge in [-0.05, 0) is 42.5 Å². The normalized spacial score (nSPS) is 11.6. The molecule has 0 aliphatic rings. The van der Waals surface area contributed by atoms with E-state index in [0.29, 0.717) is 17.3 Å². The van der Waals surface area contributed by atoms with Crippen molar-refractivity contribution in [3.63, 3.8) is 0 Å².